The number of hydrogen-bond donors (Lipinski definition) is 2. The summed E-state index contributed by atoms with van der Waals surface area (Å²) in [6, 6.07) is 3.56. The molecule has 0 radical (unpaired) electrons. The Morgan fingerprint density at radius 1 is 1.29 bits per heavy atom. The summed E-state index contributed by atoms with van der Waals surface area (Å²) in [6.45, 7) is 2.30. The van der Waals surface area contributed by atoms with Crippen LogP contribution in [0.25, 0.3) is 0 Å². The van der Waals surface area contributed by atoms with Gasteiger partial charge in [0.25, 0.3) is 5.91 Å². The zero-order valence-corrected chi connectivity index (χ0v) is 17.7. The molecular formula is C20H23N3O7S. The molecule has 1 unspecified atom stereocenters. The SMILES string of the molecule is CC(=O)S[C@@H](Cc1ccc2c(c1)OCO2)C(=O)NC1CN2CCC[C@@H](C(=O)O)N2C1=O. The Kier molecular flexibility index (Phi) is 6.05. The highest BCUT2D eigenvalue weighted by atomic mass is 32.2. The predicted molar refractivity (Wildman–Crippen MR) is 109 cm³/mol. The van der Waals surface area contributed by atoms with Crippen molar-refractivity contribution < 1.29 is 33.8 Å². The minimum absolute atomic E-state index is 0.138. The molecule has 0 saturated carbocycles. The van der Waals surface area contributed by atoms with Crippen molar-refractivity contribution in [2.75, 3.05) is 19.9 Å². The van der Waals surface area contributed by atoms with Crippen LogP contribution in [0.1, 0.15) is 25.3 Å². The van der Waals surface area contributed by atoms with Gasteiger partial charge in [0.1, 0.15) is 12.1 Å². The maximum atomic E-state index is 13.0. The van der Waals surface area contributed by atoms with Gasteiger partial charge in [-0.15, -0.1) is 0 Å². The first-order chi connectivity index (χ1) is 14.8. The number of carboxylic acid groups (broad SMARTS) is 1. The second kappa shape index (κ2) is 8.75. The molecule has 4 rings (SSSR count). The number of ether oxygens (including phenoxy) is 2. The highest BCUT2D eigenvalue weighted by molar-refractivity contribution is 8.14. The number of carbonyl (C=O) groups excluding carboxylic acids is 3. The molecule has 11 heteroatoms. The fraction of sp³-hybridized carbons (Fsp3) is 0.500. The Morgan fingerprint density at radius 3 is 2.81 bits per heavy atom. The number of nitrogens with one attached hydrogen (secondary N) is 1. The van der Waals surface area contributed by atoms with Crippen LogP contribution in [0.3, 0.4) is 0 Å². The summed E-state index contributed by atoms with van der Waals surface area (Å²) >= 11 is 0.896. The van der Waals surface area contributed by atoms with Crippen molar-refractivity contribution in [3.63, 3.8) is 0 Å². The average Bonchev–Trinajstić information content (AvgIpc) is 3.31. The number of aliphatic carboxylic acids is 1. The first-order valence-corrected chi connectivity index (χ1v) is 10.9. The van der Waals surface area contributed by atoms with Crippen LogP contribution in [-0.2, 0) is 25.6 Å². The van der Waals surface area contributed by atoms with Crippen molar-refractivity contribution >= 4 is 34.7 Å². The minimum Gasteiger partial charge on any atom is -0.480 e. The number of carboxylic acids is 1. The fourth-order valence-electron chi connectivity index (χ4n) is 4.09. The molecule has 0 aliphatic carbocycles. The largest absolute Gasteiger partial charge is 0.480 e. The summed E-state index contributed by atoms with van der Waals surface area (Å²) in [4.78, 5) is 49.1. The molecule has 2 fully saturated rings. The second-order valence-electron chi connectivity index (χ2n) is 7.64. The normalized spacial score (nSPS) is 23.4. The van der Waals surface area contributed by atoms with Gasteiger partial charge in [-0.3, -0.25) is 19.4 Å². The lowest BCUT2D eigenvalue weighted by molar-refractivity contribution is -0.165. The molecule has 1 aromatic carbocycles. The molecule has 2 amide bonds. The van der Waals surface area contributed by atoms with E-state index in [1.165, 1.54) is 11.9 Å². The summed E-state index contributed by atoms with van der Waals surface area (Å²) in [7, 11) is 0. The number of hydrazine groups is 1. The van der Waals surface area contributed by atoms with E-state index in [0.29, 0.717) is 30.9 Å². The lowest BCUT2D eigenvalue weighted by atomic mass is 10.1. The van der Waals surface area contributed by atoms with E-state index >= 15 is 0 Å². The molecule has 3 heterocycles. The highest BCUT2D eigenvalue weighted by Gasteiger charge is 2.47. The van der Waals surface area contributed by atoms with Crippen molar-refractivity contribution in [1.29, 1.82) is 0 Å². The fourth-order valence-corrected chi connectivity index (χ4v) is 4.94. The molecule has 1 aromatic rings. The summed E-state index contributed by atoms with van der Waals surface area (Å²) in [5.41, 5.74) is 0.794. The Labute approximate surface area is 182 Å². The number of nitrogens with zero attached hydrogens (tertiary/aromatic N) is 2. The second-order valence-corrected chi connectivity index (χ2v) is 9.02. The molecule has 0 bridgehead atoms. The Hall–Kier alpha value is -2.79. The molecule has 166 valence electrons. The zero-order valence-electron chi connectivity index (χ0n) is 16.9. The lowest BCUT2D eigenvalue weighted by Crippen LogP contribution is -2.54. The van der Waals surface area contributed by atoms with Gasteiger partial charge in [0, 0.05) is 20.0 Å². The van der Waals surface area contributed by atoms with E-state index < -0.39 is 35.1 Å². The van der Waals surface area contributed by atoms with E-state index in [2.05, 4.69) is 5.32 Å². The topological polar surface area (TPSA) is 125 Å². The van der Waals surface area contributed by atoms with E-state index in [1.54, 1.807) is 23.2 Å². The third-order valence-corrected chi connectivity index (χ3v) is 6.47. The summed E-state index contributed by atoms with van der Waals surface area (Å²) in [5, 5.41) is 14.1. The van der Waals surface area contributed by atoms with Gasteiger partial charge >= 0.3 is 5.97 Å². The number of amides is 2. The third-order valence-electron chi connectivity index (χ3n) is 5.47. The third kappa shape index (κ3) is 4.47. The monoisotopic (exact) mass is 449 g/mol. The maximum Gasteiger partial charge on any atom is 0.328 e. The Bertz CT molecular complexity index is 924. The molecule has 10 nitrogen and oxygen atoms in total. The van der Waals surface area contributed by atoms with Gasteiger partial charge < -0.3 is 19.9 Å². The van der Waals surface area contributed by atoms with Gasteiger partial charge in [0.2, 0.25) is 12.7 Å². The van der Waals surface area contributed by atoms with Gasteiger partial charge in [0.15, 0.2) is 16.6 Å². The predicted octanol–water partition coefficient (Wildman–Crippen LogP) is 0.397. The molecule has 3 atom stereocenters. The van der Waals surface area contributed by atoms with E-state index in [4.69, 9.17) is 9.47 Å². The van der Waals surface area contributed by atoms with Crippen molar-refractivity contribution in [2.45, 2.75) is 43.5 Å². The van der Waals surface area contributed by atoms with Crippen LogP contribution in [0.4, 0.5) is 0 Å². The van der Waals surface area contributed by atoms with E-state index in [1.807, 2.05) is 0 Å². The molecule has 0 aromatic heterocycles. The molecule has 31 heavy (non-hydrogen) atoms. The lowest BCUT2D eigenvalue weighted by Gasteiger charge is -2.36. The van der Waals surface area contributed by atoms with E-state index in [-0.39, 0.29) is 24.9 Å². The van der Waals surface area contributed by atoms with Crippen molar-refractivity contribution in [3.05, 3.63) is 23.8 Å². The first kappa shape index (κ1) is 21.4. The molecule has 3 aliphatic rings. The van der Waals surface area contributed by atoms with Crippen LogP contribution >= 0.6 is 11.8 Å². The maximum absolute atomic E-state index is 13.0. The minimum atomic E-state index is -1.06. The van der Waals surface area contributed by atoms with Crippen molar-refractivity contribution in [2.24, 2.45) is 0 Å². The molecule has 3 aliphatic heterocycles. The Balaban J connectivity index is 1.46. The van der Waals surface area contributed by atoms with Crippen LogP contribution < -0.4 is 14.8 Å². The molecule has 2 saturated heterocycles. The summed E-state index contributed by atoms with van der Waals surface area (Å²) in [5.74, 6) is -0.726. The van der Waals surface area contributed by atoms with Gasteiger partial charge in [-0.05, 0) is 37.0 Å². The van der Waals surface area contributed by atoms with Crippen LogP contribution in [0.5, 0.6) is 11.5 Å². The molecule has 0 spiro atoms. The number of fused-ring (bicyclic) bond motifs is 2. The Morgan fingerprint density at radius 2 is 2.06 bits per heavy atom. The van der Waals surface area contributed by atoms with Crippen LogP contribution in [0.2, 0.25) is 0 Å². The van der Waals surface area contributed by atoms with Crippen molar-refractivity contribution in [3.8, 4) is 11.5 Å². The van der Waals surface area contributed by atoms with Crippen LogP contribution in [0.15, 0.2) is 18.2 Å². The summed E-state index contributed by atoms with van der Waals surface area (Å²) in [6.07, 6.45) is 1.30. The first-order valence-electron chi connectivity index (χ1n) is 10.0. The quantitative estimate of drug-likeness (QED) is 0.635. The number of rotatable bonds is 6. The number of thioether (sulfide) groups is 1. The summed E-state index contributed by atoms with van der Waals surface area (Å²) < 4.78 is 10.7. The highest BCUT2D eigenvalue weighted by Crippen LogP contribution is 2.33. The smallest absolute Gasteiger partial charge is 0.328 e. The van der Waals surface area contributed by atoms with Gasteiger partial charge in [-0.25, -0.2) is 9.80 Å². The number of hydrogen-bond acceptors (Lipinski definition) is 8. The average molecular weight is 449 g/mol. The van der Waals surface area contributed by atoms with E-state index in [9.17, 15) is 24.3 Å². The molecule has 2 N–H and O–H groups in total. The number of benzene rings is 1. The standard InChI is InChI=1S/C20H23N3O7S/c1-11(24)31-17(8-12-4-5-15-16(7-12)30-10-29-15)18(25)21-13-9-22-6-2-3-14(20(27)28)23(22)19(13)26/h4-5,7,13-14,17H,2-3,6,8-10H2,1H3,(H,21,25)(H,27,28)/t13?,14-,17-/m0/s1. The van der Waals surface area contributed by atoms with Crippen LogP contribution in [0, 0.1) is 0 Å². The van der Waals surface area contributed by atoms with Crippen LogP contribution in [-0.4, -0.2) is 75.2 Å². The van der Waals surface area contributed by atoms with E-state index in [0.717, 1.165) is 17.3 Å². The van der Waals surface area contributed by atoms with Gasteiger partial charge in [-0.2, -0.15) is 0 Å². The molecular weight excluding hydrogens is 426 g/mol. The number of carbonyl (C=O) groups is 4. The van der Waals surface area contributed by atoms with Gasteiger partial charge in [0.05, 0.1) is 5.25 Å². The van der Waals surface area contributed by atoms with Gasteiger partial charge in [-0.1, -0.05) is 17.8 Å². The zero-order chi connectivity index (χ0) is 22.1. The van der Waals surface area contributed by atoms with Crippen molar-refractivity contribution in [1.82, 2.24) is 15.3 Å².